The van der Waals surface area contributed by atoms with Crippen molar-refractivity contribution in [2.45, 2.75) is 52.9 Å². The van der Waals surface area contributed by atoms with Gasteiger partial charge in [0.2, 0.25) is 0 Å². The van der Waals surface area contributed by atoms with Crippen LogP contribution in [0.1, 0.15) is 52.9 Å². The van der Waals surface area contributed by atoms with Gasteiger partial charge in [0, 0.05) is 5.57 Å². The number of rotatable bonds is 1. The second-order valence-corrected chi connectivity index (χ2v) is 5.51. The fourth-order valence-corrected chi connectivity index (χ4v) is 2.94. The first-order valence-corrected chi connectivity index (χ1v) is 5.95. The van der Waals surface area contributed by atoms with Gasteiger partial charge in [-0.1, -0.05) is 25.5 Å². The van der Waals surface area contributed by atoms with Gasteiger partial charge in [0.25, 0.3) is 0 Å². The van der Waals surface area contributed by atoms with E-state index in [-0.39, 0.29) is 11.2 Å². The summed E-state index contributed by atoms with van der Waals surface area (Å²) in [7, 11) is 0. The minimum Gasteiger partial charge on any atom is -0.295 e. The first kappa shape index (κ1) is 10.7. The highest BCUT2D eigenvalue weighted by Gasteiger charge is 2.32. The Morgan fingerprint density at radius 1 is 1.27 bits per heavy atom. The zero-order chi connectivity index (χ0) is 11.1. The van der Waals surface area contributed by atoms with Gasteiger partial charge in [-0.2, -0.15) is 0 Å². The highest BCUT2D eigenvalue weighted by molar-refractivity contribution is 5.95. The molecule has 2 aliphatic rings. The van der Waals surface area contributed by atoms with Crippen molar-refractivity contribution in [2.24, 2.45) is 5.41 Å². The summed E-state index contributed by atoms with van der Waals surface area (Å²) in [5, 5.41) is 0. The minimum absolute atomic E-state index is 0.0575. The van der Waals surface area contributed by atoms with Gasteiger partial charge in [0.05, 0.1) is 0 Å². The molecule has 0 fully saturated rings. The molecule has 0 atom stereocenters. The number of carbonyl (C=O) groups is 1. The number of ketones is 1. The molecule has 2 rings (SSSR count). The molecule has 82 valence electrons. The van der Waals surface area contributed by atoms with E-state index < -0.39 is 0 Å². The zero-order valence-corrected chi connectivity index (χ0v) is 10.0. The van der Waals surface area contributed by atoms with Crippen LogP contribution in [0, 0.1) is 5.41 Å². The van der Waals surface area contributed by atoms with E-state index in [1.54, 1.807) is 12.5 Å². The molecule has 0 heterocycles. The van der Waals surface area contributed by atoms with Crippen molar-refractivity contribution < 1.29 is 4.79 Å². The van der Waals surface area contributed by atoms with Gasteiger partial charge in [-0.15, -0.1) is 0 Å². The van der Waals surface area contributed by atoms with Crippen LogP contribution in [0.2, 0.25) is 0 Å². The van der Waals surface area contributed by atoms with Crippen LogP contribution < -0.4 is 0 Å². The maximum Gasteiger partial charge on any atom is 0.156 e. The summed E-state index contributed by atoms with van der Waals surface area (Å²) >= 11 is 0. The van der Waals surface area contributed by atoms with Crippen molar-refractivity contribution in [2.75, 3.05) is 0 Å². The van der Waals surface area contributed by atoms with Gasteiger partial charge in [0.15, 0.2) is 5.78 Å². The van der Waals surface area contributed by atoms with Crippen LogP contribution in [-0.4, -0.2) is 5.78 Å². The van der Waals surface area contributed by atoms with Gasteiger partial charge in [-0.05, 0) is 50.0 Å². The van der Waals surface area contributed by atoms with Crippen molar-refractivity contribution in [1.29, 1.82) is 0 Å². The summed E-state index contributed by atoms with van der Waals surface area (Å²) in [5.74, 6) is 0.247. The van der Waals surface area contributed by atoms with Gasteiger partial charge in [0.1, 0.15) is 0 Å². The largest absolute Gasteiger partial charge is 0.295 e. The van der Waals surface area contributed by atoms with Crippen LogP contribution in [0.4, 0.5) is 0 Å². The predicted octanol–water partition coefficient (Wildman–Crippen LogP) is 3.80. The molecule has 0 bridgehead atoms. The Kier molecular flexibility index (Phi) is 2.57. The molecule has 2 aliphatic carbocycles. The number of hydrogen-bond acceptors (Lipinski definition) is 1. The molecule has 0 aliphatic heterocycles. The molecule has 1 nitrogen and oxygen atoms in total. The lowest BCUT2D eigenvalue weighted by molar-refractivity contribution is -0.114. The Morgan fingerprint density at radius 2 is 1.93 bits per heavy atom. The van der Waals surface area contributed by atoms with Crippen molar-refractivity contribution in [3.63, 3.8) is 0 Å². The molecule has 0 aromatic heterocycles. The Bertz CT molecular complexity index is 356. The van der Waals surface area contributed by atoms with Crippen LogP contribution in [0.5, 0.6) is 0 Å². The summed E-state index contributed by atoms with van der Waals surface area (Å²) in [6.45, 7) is 6.08. The fourth-order valence-electron chi connectivity index (χ4n) is 2.94. The first-order chi connectivity index (χ1) is 7.00. The number of Topliss-reactive ketones (excluding diaryl/α,β-unsaturated/α-hetero) is 1. The van der Waals surface area contributed by atoms with E-state index in [0.29, 0.717) is 0 Å². The summed E-state index contributed by atoms with van der Waals surface area (Å²) in [6.07, 6.45) is 8.33. The van der Waals surface area contributed by atoms with Crippen molar-refractivity contribution in [3.05, 3.63) is 22.8 Å². The van der Waals surface area contributed by atoms with Crippen LogP contribution in [0.3, 0.4) is 0 Å². The summed E-state index contributed by atoms with van der Waals surface area (Å²) in [5.41, 5.74) is 4.16. The highest BCUT2D eigenvalue weighted by atomic mass is 16.1. The average molecular weight is 204 g/mol. The molecule has 0 spiro atoms. The molecular weight excluding hydrogens is 184 g/mol. The van der Waals surface area contributed by atoms with E-state index in [1.165, 1.54) is 31.3 Å². The Balaban J connectivity index is 2.40. The van der Waals surface area contributed by atoms with E-state index in [4.69, 9.17) is 0 Å². The summed E-state index contributed by atoms with van der Waals surface area (Å²) in [4.78, 5) is 11.6. The molecule has 0 saturated heterocycles. The van der Waals surface area contributed by atoms with Crippen LogP contribution in [0.15, 0.2) is 22.8 Å². The SMILES string of the molecule is CC(=O)C1=CC2=C(CCCC2)CC1(C)C. The second kappa shape index (κ2) is 3.62. The zero-order valence-electron chi connectivity index (χ0n) is 10.0. The fraction of sp³-hybridized carbons (Fsp3) is 0.643. The normalized spacial score (nSPS) is 24.6. The molecule has 0 saturated carbocycles. The van der Waals surface area contributed by atoms with Crippen molar-refractivity contribution >= 4 is 5.78 Å². The monoisotopic (exact) mass is 204 g/mol. The molecule has 0 unspecified atom stereocenters. The topological polar surface area (TPSA) is 17.1 Å². The lowest BCUT2D eigenvalue weighted by Gasteiger charge is -2.35. The molecule has 0 aromatic carbocycles. The maximum absolute atomic E-state index is 11.6. The Hall–Kier alpha value is -0.850. The quantitative estimate of drug-likeness (QED) is 0.635. The standard InChI is InChI=1S/C14H20O/c1-10(15)13-8-11-6-4-5-7-12(11)9-14(13,2)3/h8H,4-7,9H2,1-3H3. The van der Waals surface area contributed by atoms with E-state index in [2.05, 4.69) is 19.9 Å². The average Bonchev–Trinajstić information content (AvgIpc) is 2.14. The predicted molar refractivity (Wildman–Crippen MR) is 62.7 cm³/mol. The van der Waals surface area contributed by atoms with E-state index in [1.807, 2.05) is 0 Å². The third kappa shape index (κ3) is 1.92. The molecule has 0 amide bonds. The Labute approximate surface area is 92.3 Å². The summed E-state index contributed by atoms with van der Waals surface area (Å²) < 4.78 is 0. The second-order valence-electron chi connectivity index (χ2n) is 5.51. The smallest absolute Gasteiger partial charge is 0.156 e. The molecule has 0 N–H and O–H groups in total. The first-order valence-electron chi connectivity index (χ1n) is 5.95. The molecule has 1 heteroatoms. The maximum atomic E-state index is 11.6. The highest BCUT2D eigenvalue weighted by Crippen LogP contribution is 2.44. The molecule has 15 heavy (non-hydrogen) atoms. The van der Waals surface area contributed by atoms with E-state index >= 15 is 0 Å². The molecular formula is C14H20O. The van der Waals surface area contributed by atoms with E-state index in [0.717, 1.165) is 12.0 Å². The third-order valence-corrected chi connectivity index (χ3v) is 3.71. The van der Waals surface area contributed by atoms with Crippen LogP contribution in [-0.2, 0) is 4.79 Å². The van der Waals surface area contributed by atoms with Gasteiger partial charge in [-0.3, -0.25) is 4.79 Å². The van der Waals surface area contributed by atoms with Crippen LogP contribution in [0.25, 0.3) is 0 Å². The number of hydrogen-bond donors (Lipinski definition) is 0. The van der Waals surface area contributed by atoms with Gasteiger partial charge < -0.3 is 0 Å². The van der Waals surface area contributed by atoms with Crippen molar-refractivity contribution in [1.82, 2.24) is 0 Å². The van der Waals surface area contributed by atoms with Crippen molar-refractivity contribution in [3.8, 4) is 0 Å². The summed E-state index contributed by atoms with van der Waals surface area (Å²) in [6, 6.07) is 0. The Morgan fingerprint density at radius 3 is 2.60 bits per heavy atom. The lowest BCUT2D eigenvalue weighted by Crippen LogP contribution is -2.25. The van der Waals surface area contributed by atoms with Gasteiger partial charge in [-0.25, -0.2) is 0 Å². The number of carbonyl (C=O) groups excluding carboxylic acids is 1. The molecule has 0 aromatic rings. The van der Waals surface area contributed by atoms with Gasteiger partial charge >= 0.3 is 0 Å². The van der Waals surface area contributed by atoms with Crippen LogP contribution >= 0.6 is 0 Å². The van der Waals surface area contributed by atoms with E-state index in [9.17, 15) is 4.79 Å². The molecule has 0 radical (unpaired) electrons. The number of allylic oxidation sites excluding steroid dienone is 4. The minimum atomic E-state index is 0.0575. The third-order valence-electron chi connectivity index (χ3n) is 3.71. The lowest BCUT2D eigenvalue weighted by atomic mass is 9.69.